The Labute approximate surface area is 219 Å². The Kier molecular flexibility index (Phi) is 22.3. The number of nitrogens with zero attached hydrogens (tertiary/aromatic N) is 1. The Morgan fingerprint density at radius 2 is 0.806 bits per heavy atom. The van der Waals surface area contributed by atoms with E-state index >= 15 is 0 Å². The number of rotatable bonds is 27. The first-order chi connectivity index (χ1) is 17.3. The van der Waals surface area contributed by atoms with E-state index in [1.54, 1.807) is 0 Å². The van der Waals surface area contributed by atoms with Gasteiger partial charge in [0.2, 0.25) is 0 Å². The van der Waals surface area contributed by atoms with Crippen molar-refractivity contribution in [2.24, 2.45) is 0 Å². The van der Waals surface area contributed by atoms with Gasteiger partial charge in [0.1, 0.15) is 0 Å². The highest BCUT2D eigenvalue weighted by atomic mass is 16.4. The molecule has 0 saturated carbocycles. The fourth-order valence-corrected chi connectivity index (χ4v) is 4.84. The molecule has 0 saturated heterocycles. The van der Waals surface area contributed by atoms with Crippen LogP contribution < -0.4 is 0 Å². The third kappa shape index (κ3) is 22.6. The van der Waals surface area contributed by atoms with E-state index in [0.29, 0.717) is 6.42 Å². The molecule has 7 nitrogen and oxygen atoms in total. The summed E-state index contributed by atoms with van der Waals surface area (Å²) >= 11 is 0. The van der Waals surface area contributed by atoms with Crippen molar-refractivity contribution >= 4 is 17.9 Å². The van der Waals surface area contributed by atoms with Crippen LogP contribution in [0.4, 0.5) is 0 Å². The van der Waals surface area contributed by atoms with Crippen molar-refractivity contribution in [3.63, 3.8) is 0 Å². The summed E-state index contributed by atoms with van der Waals surface area (Å²) in [6.07, 6.45) is 27.9. The van der Waals surface area contributed by atoms with Crippen molar-refractivity contribution in [3.05, 3.63) is 12.2 Å². The van der Waals surface area contributed by atoms with Crippen LogP contribution in [-0.2, 0) is 14.4 Å². The van der Waals surface area contributed by atoms with E-state index in [1.807, 2.05) is 0 Å². The predicted octanol–water partition coefficient (Wildman–Crippen LogP) is 7.05. The summed E-state index contributed by atoms with van der Waals surface area (Å²) in [5.41, 5.74) is 0. The van der Waals surface area contributed by atoms with Crippen LogP contribution in [0.5, 0.6) is 0 Å². The van der Waals surface area contributed by atoms with Crippen LogP contribution in [0.25, 0.3) is 0 Å². The second-order valence-electron chi connectivity index (χ2n) is 10.4. The molecule has 210 valence electrons. The number of aliphatic carboxylic acids is 3. The highest BCUT2D eigenvalue weighted by Crippen LogP contribution is 2.14. The average molecular weight is 513 g/mol. The summed E-state index contributed by atoms with van der Waals surface area (Å²) in [5.74, 6) is -3.52. The maximum atomic E-state index is 11.2. The highest BCUT2D eigenvalue weighted by molar-refractivity contribution is 5.73. The van der Waals surface area contributed by atoms with Crippen LogP contribution in [-0.4, -0.2) is 63.9 Å². The summed E-state index contributed by atoms with van der Waals surface area (Å²) in [6, 6.07) is 0. The Morgan fingerprint density at radius 3 is 1.14 bits per heavy atom. The smallest absolute Gasteiger partial charge is 0.359 e. The van der Waals surface area contributed by atoms with Crippen LogP contribution >= 0.6 is 0 Å². The van der Waals surface area contributed by atoms with Gasteiger partial charge in [0.25, 0.3) is 0 Å². The van der Waals surface area contributed by atoms with Crippen molar-refractivity contribution in [2.45, 2.75) is 129 Å². The fourth-order valence-electron chi connectivity index (χ4n) is 4.84. The van der Waals surface area contributed by atoms with Crippen LogP contribution in [0.2, 0.25) is 0 Å². The van der Waals surface area contributed by atoms with Crippen LogP contribution in [0.1, 0.15) is 129 Å². The van der Waals surface area contributed by atoms with Gasteiger partial charge in [-0.3, -0.25) is 4.48 Å². The van der Waals surface area contributed by atoms with E-state index < -0.39 is 42.0 Å². The van der Waals surface area contributed by atoms with Gasteiger partial charge < -0.3 is 15.3 Å². The third-order valence-electron chi connectivity index (χ3n) is 6.81. The van der Waals surface area contributed by atoms with E-state index in [4.69, 9.17) is 15.3 Å². The molecule has 0 aromatic heterocycles. The van der Waals surface area contributed by atoms with Gasteiger partial charge >= 0.3 is 17.9 Å². The molecular formula is C29H54NO6+. The normalized spacial score (nSPS) is 11.8. The second-order valence-corrected chi connectivity index (χ2v) is 10.4. The SMILES string of the molecule is CCCCCCCCCCCCCC/C=C/CCCCCCC[N+](CC(=O)O)(CC(=O)O)CC(=O)O. The van der Waals surface area contributed by atoms with E-state index in [9.17, 15) is 14.4 Å². The first-order valence-electron chi connectivity index (χ1n) is 14.5. The Balaban J connectivity index is 3.72. The minimum absolute atomic E-state index is 0.254. The molecule has 0 aliphatic rings. The van der Waals surface area contributed by atoms with Gasteiger partial charge in [-0.25, -0.2) is 14.4 Å². The van der Waals surface area contributed by atoms with Crippen LogP contribution in [0.3, 0.4) is 0 Å². The molecule has 0 radical (unpaired) electrons. The lowest BCUT2D eigenvalue weighted by atomic mass is 10.0. The number of unbranched alkanes of at least 4 members (excludes halogenated alkanes) is 17. The summed E-state index contributed by atoms with van der Waals surface area (Å²) in [4.78, 5) is 33.6. The van der Waals surface area contributed by atoms with Crippen molar-refractivity contribution in [1.82, 2.24) is 0 Å². The van der Waals surface area contributed by atoms with Crippen molar-refractivity contribution in [2.75, 3.05) is 26.2 Å². The monoisotopic (exact) mass is 512 g/mol. The first kappa shape index (κ1) is 34.1. The molecule has 0 bridgehead atoms. The minimum Gasteiger partial charge on any atom is -0.477 e. The zero-order valence-corrected chi connectivity index (χ0v) is 22.9. The lowest BCUT2D eigenvalue weighted by Gasteiger charge is -2.34. The maximum absolute atomic E-state index is 11.2. The van der Waals surface area contributed by atoms with Gasteiger partial charge in [0.15, 0.2) is 19.6 Å². The Bertz CT molecular complexity index is 564. The molecule has 0 heterocycles. The third-order valence-corrected chi connectivity index (χ3v) is 6.81. The van der Waals surface area contributed by atoms with Gasteiger partial charge in [-0.05, 0) is 38.5 Å². The van der Waals surface area contributed by atoms with E-state index in [1.165, 1.54) is 77.0 Å². The Morgan fingerprint density at radius 1 is 0.500 bits per heavy atom. The molecule has 0 rings (SSSR count). The number of hydrogen-bond acceptors (Lipinski definition) is 3. The van der Waals surface area contributed by atoms with Crippen LogP contribution in [0.15, 0.2) is 12.2 Å². The number of carboxylic acid groups (broad SMARTS) is 3. The molecule has 36 heavy (non-hydrogen) atoms. The Hall–Kier alpha value is -1.89. The van der Waals surface area contributed by atoms with E-state index in [0.717, 1.165) is 38.5 Å². The molecule has 0 aliphatic carbocycles. The molecule has 0 unspecified atom stereocenters. The lowest BCUT2D eigenvalue weighted by Crippen LogP contribution is -2.57. The molecule has 0 fully saturated rings. The number of hydrogen-bond donors (Lipinski definition) is 3. The van der Waals surface area contributed by atoms with E-state index in [2.05, 4.69) is 19.1 Å². The van der Waals surface area contributed by atoms with E-state index in [-0.39, 0.29) is 6.54 Å². The molecule has 0 aromatic rings. The second kappa shape index (κ2) is 23.5. The molecule has 0 atom stereocenters. The standard InChI is InChI=1S/C29H53NO6/c1-2-3-4-5-6-7-8-9-10-11-12-13-14-15-16-17-18-19-20-21-22-23-30(24-27(31)32,25-28(33)34)26-29(35)36/h15-16H,2-14,17-26H2,1H3,(H2-,31,32,33,34,35,36)/p+1/b16-15+. The molecule has 7 heteroatoms. The quantitative estimate of drug-likeness (QED) is 0.0618. The van der Waals surface area contributed by atoms with Gasteiger partial charge in [0.05, 0.1) is 6.54 Å². The molecule has 3 N–H and O–H groups in total. The number of quaternary nitrogens is 1. The van der Waals surface area contributed by atoms with Gasteiger partial charge in [-0.1, -0.05) is 103 Å². The number of allylic oxidation sites excluding steroid dienone is 2. The molecular weight excluding hydrogens is 458 g/mol. The summed E-state index contributed by atoms with van der Waals surface area (Å²) < 4.78 is -0.443. The minimum atomic E-state index is -1.17. The topological polar surface area (TPSA) is 112 Å². The zero-order chi connectivity index (χ0) is 26.9. The number of carbonyl (C=O) groups is 3. The van der Waals surface area contributed by atoms with Crippen molar-refractivity contribution in [3.8, 4) is 0 Å². The first-order valence-corrected chi connectivity index (χ1v) is 14.5. The molecule has 0 spiro atoms. The van der Waals surface area contributed by atoms with Gasteiger partial charge in [-0.15, -0.1) is 0 Å². The van der Waals surface area contributed by atoms with Gasteiger partial charge in [0, 0.05) is 0 Å². The van der Waals surface area contributed by atoms with Crippen LogP contribution in [0, 0.1) is 0 Å². The summed E-state index contributed by atoms with van der Waals surface area (Å²) in [7, 11) is 0. The highest BCUT2D eigenvalue weighted by Gasteiger charge is 2.35. The maximum Gasteiger partial charge on any atom is 0.359 e. The molecule has 0 aromatic carbocycles. The average Bonchev–Trinajstić information content (AvgIpc) is 2.78. The fraction of sp³-hybridized carbons (Fsp3) is 0.828. The van der Waals surface area contributed by atoms with Crippen molar-refractivity contribution < 1.29 is 34.2 Å². The molecule has 0 amide bonds. The predicted molar refractivity (Wildman–Crippen MR) is 145 cm³/mol. The summed E-state index contributed by atoms with van der Waals surface area (Å²) in [6.45, 7) is 1.07. The summed E-state index contributed by atoms with van der Waals surface area (Å²) in [5, 5.41) is 27.4. The lowest BCUT2D eigenvalue weighted by molar-refractivity contribution is -0.907. The largest absolute Gasteiger partial charge is 0.477 e. The molecule has 0 aliphatic heterocycles. The van der Waals surface area contributed by atoms with Gasteiger partial charge in [-0.2, -0.15) is 0 Å². The van der Waals surface area contributed by atoms with Crippen molar-refractivity contribution in [1.29, 1.82) is 0 Å². The number of carboxylic acids is 3. The zero-order valence-electron chi connectivity index (χ0n) is 22.9.